The van der Waals surface area contributed by atoms with E-state index in [9.17, 15) is 14.7 Å². The molecule has 3 rings (SSSR count). The number of pyridine rings is 1. The molecule has 0 saturated carbocycles. The van der Waals surface area contributed by atoms with E-state index in [1.165, 1.54) is 13.2 Å². The molecular formula is C17H19N3O4. The number of nitrogens with zero attached hydrogens (tertiary/aromatic N) is 1. The molecule has 1 aromatic heterocycles. The Labute approximate surface area is 138 Å². The van der Waals surface area contributed by atoms with E-state index in [0.717, 1.165) is 18.7 Å². The van der Waals surface area contributed by atoms with Crippen LogP contribution in [0.2, 0.25) is 0 Å². The Kier molecular flexibility index (Phi) is 4.41. The standard InChI is InChI=1S/C17H19N3O4/c1-24-14-4-2-3-13(16(14)22)17(23)19-11-7-8-20(10-11)12-5-6-15(21)18-9-12/h2-6,9,11,22H,7-8,10H2,1H3,(H,18,21)(H,19,23)/t11-/m0/s1. The summed E-state index contributed by atoms with van der Waals surface area (Å²) in [5.74, 6) is -0.225. The second-order valence-corrected chi connectivity index (χ2v) is 5.67. The van der Waals surface area contributed by atoms with Gasteiger partial charge in [-0.25, -0.2) is 0 Å². The van der Waals surface area contributed by atoms with E-state index in [-0.39, 0.29) is 34.6 Å². The molecule has 0 spiro atoms. The number of H-pyrrole nitrogens is 1. The maximum atomic E-state index is 12.4. The highest BCUT2D eigenvalue weighted by atomic mass is 16.5. The molecule has 1 aromatic carbocycles. The Bertz CT molecular complexity index is 782. The highest BCUT2D eigenvalue weighted by Crippen LogP contribution is 2.29. The minimum absolute atomic E-state index is 0.0324. The van der Waals surface area contributed by atoms with E-state index < -0.39 is 0 Å². The number of para-hydroxylation sites is 1. The highest BCUT2D eigenvalue weighted by Gasteiger charge is 2.25. The fourth-order valence-electron chi connectivity index (χ4n) is 2.85. The van der Waals surface area contributed by atoms with E-state index >= 15 is 0 Å². The Hall–Kier alpha value is -2.96. The SMILES string of the molecule is COc1cccc(C(=O)N[C@H]2CCN(c3ccc(=O)[nH]c3)C2)c1O. The quantitative estimate of drug-likeness (QED) is 0.781. The minimum atomic E-state index is -0.334. The zero-order chi connectivity index (χ0) is 17.1. The van der Waals surface area contributed by atoms with Gasteiger partial charge in [0, 0.05) is 31.4 Å². The lowest BCUT2D eigenvalue weighted by Crippen LogP contribution is -2.37. The molecule has 2 heterocycles. The Morgan fingerprint density at radius 1 is 1.38 bits per heavy atom. The van der Waals surface area contributed by atoms with Crippen LogP contribution in [0.5, 0.6) is 11.5 Å². The number of aromatic amines is 1. The van der Waals surface area contributed by atoms with E-state index in [1.807, 2.05) is 0 Å². The first-order valence-electron chi connectivity index (χ1n) is 7.69. The van der Waals surface area contributed by atoms with E-state index in [0.29, 0.717) is 6.54 Å². The van der Waals surface area contributed by atoms with Gasteiger partial charge in [0.1, 0.15) is 0 Å². The van der Waals surface area contributed by atoms with Gasteiger partial charge in [-0.15, -0.1) is 0 Å². The normalized spacial score (nSPS) is 16.9. The molecule has 0 unspecified atom stereocenters. The molecule has 0 radical (unpaired) electrons. The van der Waals surface area contributed by atoms with Crippen molar-refractivity contribution in [2.24, 2.45) is 0 Å². The maximum Gasteiger partial charge on any atom is 0.255 e. The van der Waals surface area contributed by atoms with Crippen molar-refractivity contribution < 1.29 is 14.6 Å². The van der Waals surface area contributed by atoms with Gasteiger partial charge in [0.05, 0.1) is 18.4 Å². The second kappa shape index (κ2) is 6.66. The van der Waals surface area contributed by atoms with Crippen molar-refractivity contribution in [1.82, 2.24) is 10.3 Å². The molecule has 126 valence electrons. The van der Waals surface area contributed by atoms with Crippen LogP contribution in [0.15, 0.2) is 41.3 Å². The highest BCUT2D eigenvalue weighted by molar-refractivity contribution is 5.97. The van der Waals surface area contributed by atoms with Crippen LogP contribution in [0.1, 0.15) is 16.8 Å². The van der Waals surface area contributed by atoms with Crippen molar-refractivity contribution in [2.75, 3.05) is 25.1 Å². The topological polar surface area (TPSA) is 94.7 Å². The van der Waals surface area contributed by atoms with Crippen LogP contribution < -0.4 is 20.5 Å². The molecule has 3 N–H and O–H groups in total. The van der Waals surface area contributed by atoms with Gasteiger partial charge in [-0.05, 0) is 24.6 Å². The van der Waals surface area contributed by atoms with E-state index in [1.54, 1.807) is 30.5 Å². The molecule has 1 aliphatic heterocycles. The van der Waals surface area contributed by atoms with Crippen LogP contribution in [-0.4, -0.2) is 42.2 Å². The molecule has 7 nitrogen and oxygen atoms in total. The van der Waals surface area contributed by atoms with E-state index in [2.05, 4.69) is 15.2 Å². The predicted molar refractivity (Wildman–Crippen MR) is 89.8 cm³/mol. The number of carbonyl (C=O) groups is 1. The molecule has 0 bridgehead atoms. The fourth-order valence-corrected chi connectivity index (χ4v) is 2.85. The number of methoxy groups -OCH3 is 1. The molecule has 2 aromatic rings. The maximum absolute atomic E-state index is 12.4. The molecule has 1 saturated heterocycles. The van der Waals surface area contributed by atoms with Gasteiger partial charge >= 0.3 is 0 Å². The summed E-state index contributed by atoms with van der Waals surface area (Å²) in [7, 11) is 1.44. The number of carbonyl (C=O) groups excluding carboxylic acids is 1. The van der Waals surface area contributed by atoms with Gasteiger partial charge in [-0.3, -0.25) is 9.59 Å². The van der Waals surface area contributed by atoms with Crippen molar-refractivity contribution in [3.63, 3.8) is 0 Å². The molecule has 7 heteroatoms. The lowest BCUT2D eigenvalue weighted by atomic mass is 10.1. The molecular weight excluding hydrogens is 310 g/mol. The summed E-state index contributed by atoms with van der Waals surface area (Å²) in [4.78, 5) is 28.2. The van der Waals surface area contributed by atoms with Crippen LogP contribution in [0.3, 0.4) is 0 Å². The van der Waals surface area contributed by atoms with Gasteiger partial charge in [0.15, 0.2) is 11.5 Å². The number of amides is 1. The number of hydrogen-bond donors (Lipinski definition) is 3. The monoisotopic (exact) mass is 329 g/mol. The van der Waals surface area contributed by atoms with Crippen LogP contribution in [0, 0.1) is 0 Å². The number of anilines is 1. The van der Waals surface area contributed by atoms with Gasteiger partial charge in [-0.1, -0.05) is 6.07 Å². The number of aromatic hydroxyl groups is 1. The average molecular weight is 329 g/mol. The number of benzene rings is 1. The van der Waals surface area contributed by atoms with Gasteiger partial charge in [-0.2, -0.15) is 0 Å². The summed E-state index contributed by atoms with van der Waals surface area (Å²) in [5.41, 5.74) is 0.962. The Balaban J connectivity index is 1.66. The van der Waals surface area contributed by atoms with Crippen molar-refractivity contribution in [1.29, 1.82) is 0 Å². The van der Waals surface area contributed by atoms with Crippen LogP contribution in [-0.2, 0) is 0 Å². The molecule has 1 fully saturated rings. The average Bonchev–Trinajstić information content (AvgIpc) is 3.04. The third kappa shape index (κ3) is 3.19. The zero-order valence-electron chi connectivity index (χ0n) is 13.3. The lowest BCUT2D eigenvalue weighted by molar-refractivity contribution is 0.0937. The minimum Gasteiger partial charge on any atom is -0.504 e. The second-order valence-electron chi connectivity index (χ2n) is 5.67. The van der Waals surface area contributed by atoms with Gasteiger partial charge < -0.3 is 25.0 Å². The fraction of sp³-hybridized carbons (Fsp3) is 0.294. The molecule has 24 heavy (non-hydrogen) atoms. The van der Waals surface area contributed by atoms with Crippen LogP contribution in [0.25, 0.3) is 0 Å². The number of nitrogens with one attached hydrogen (secondary N) is 2. The summed E-state index contributed by atoms with van der Waals surface area (Å²) in [5, 5.41) is 13.0. The smallest absolute Gasteiger partial charge is 0.255 e. The summed E-state index contributed by atoms with van der Waals surface area (Å²) < 4.78 is 5.02. The number of phenols is 1. The van der Waals surface area contributed by atoms with Crippen molar-refractivity contribution >= 4 is 11.6 Å². The molecule has 1 atom stereocenters. The Morgan fingerprint density at radius 3 is 2.92 bits per heavy atom. The third-order valence-corrected chi connectivity index (χ3v) is 4.12. The zero-order valence-corrected chi connectivity index (χ0v) is 13.3. The molecule has 1 amide bonds. The summed E-state index contributed by atoms with van der Waals surface area (Å²) >= 11 is 0. The van der Waals surface area contributed by atoms with Crippen molar-refractivity contribution in [3.05, 3.63) is 52.4 Å². The van der Waals surface area contributed by atoms with Crippen LogP contribution in [0.4, 0.5) is 5.69 Å². The van der Waals surface area contributed by atoms with Crippen molar-refractivity contribution in [3.8, 4) is 11.5 Å². The Morgan fingerprint density at radius 2 is 2.21 bits per heavy atom. The molecule has 1 aliphatic rings. The number of ether oxygens (including phenoxy) is 1. The van der Waals surface area contributed by atoms with Crippen LogP contribution >= 0.6 is 0 Å². The summed E-state index contributed by atoms with van der Waals surface area (Å²) in [6, 6.07) is 8.03. The number of phenolic OH excluding ortho intramolecular Hbond substituents is 1. The largest absolute Gasteiger partial charge is 0.504 e. The number of rotatable bonds is 4. The van der Waals surface area contributed by atoms with E-state index in [4.69, 9.17) is 4.74 Å². The third-order valence-electron chi connectivity index (χ3n) is 4.12. The first-order chi connectivity index (χ1) is 11.6. The summed E-state index contributed by atoms with van der Waals surface area (Å²) in [6.07, 6.45) is 2.45. The lowest BCUT2D eigenvalue weighted by Gasteiger charge is -2.19. The number of hydrogen-bond acceptors (Lipinski definition) is 5. The predicted octanol–water partition coefficient (Wildman–Crippen LogP) is 1.10. The first kappa shape index (κ1) is 15.9. The van der Waals surface area contributed by atoms with Crippen molar-refractivity contribution in [2.45, 2.75) is 12.5 Å². The van der Waals surface area contributed by atoms with Gasteiger partial charge in [0.2, 0.25) is 5.56 Å². The summed E-state index contributed by atoms with van der Waals surface area (Å²) in [6.45, 7) is 1.42. The first-order valence-corrected chi connectivity index (χ1v) is 7.69. The number of aromatic nitrogens is 1. The molecule has 0 aliphatic carbocycles. The van der Waals surface area contributed by atoms with Gasteiger partial charge in [0.25, 0.3) is 5.91 Å².